The van der Waals surface area contributed by atoms with Gasteiger partial charge in [0, 0.05) is 57.0 Å². The van der Waals surface area contributed by atoms with E-state index in [4.69, 9.17) is 9.97 Å². The van der Waals surface area contributed by atoms with Gasteiger partial charge in [-0.05, 0) is 88.0 Å². The summed E-state index contributed by atoms with van der Waals surface area (Å²) in [5.41, 5.74) is 11.9. The van der Waals surface area contributed by atoms with E-state index in [1.54, 1.807) is 0 Å². The standard InChI is InChI=1S/C52H32N2S2/c1-3-12-33(13-4-1)35-22-24-36(25-23-35)46-32-47(54-52(53-46)44-19-11-18-43-41-16-7-10-21-49(41)56-51(43)44)40-29-38(34-14-5-2-6-15-34)28-39(30-40)37-26-27-50-45(31-37)42-17-8-9-20-48(42)55-50/h1-32H. The summed E-state index contributed by atoms with van der Waals surface area (Å²) in [6.07, 6.45) is 0. The van der Waals surface area contributed by atoms with E-state index < -0.39 is 0 Å². The van der Waals surface area contributed by atoms with Crippen LogP contribution in [0.5, 0.6) is 0 Å². The Morgan fingerprint density at radius 1 is 0.286 bits per heavy atom. The molecular weight excluding hydrogens is 717 g/mol. The predicted octanol–water partition coefficient (Wildman–Crippen LogP) is 15.2. The Bertz CT molecular complexity index is 3230. The van der Waals surface area contributed by atoms with Crippen molar-refractivity contribution in [2.75, 3.05) is 0 Å². The Hall–Kier alpha value is -6.72. The van der Waals surface area contributed by atoms with Gasteiger partial charge in [0.1, 0.15) is 0 Å². The van der Waals surface area contributed by atoms with Crippen LogP contribution in [-0.2, 0) is 0 Å². The SMILES string of the molecule is c1ccc(-c2ccc(-c3cc(-c4cc(-c5ccccc5)cc(-c5ccc6sc7ccccc7c6c5)c4)nc(-c4cccc5c4sc4ccccc45)n3)cc2)cc1. The van der Waals surface area contributed by atoms with Gasteiger partial charge in [0.15, 0.2) is 5.82 Å². The molecule has 0 atom stereocenters. The first kappa shape index (κ1) is 32.7. The van der Waals surface area contributed by atoms with E-state index in [0.717, 1.165) is 45.0 Å². The minimum atomic E-state index is 0.722. The van der Waals surface area contributed by atoms with Crippen LogP contribution in [0.2, 0.25) is 0 Å². The van der Waals surface area contributed by atoms with Crippen molar-refractivity contribution in [3.05, 3.63) is 194 Å². The fourth-order valence-corrected chi connectivity index (χ4v) is 10.2. The van der Waals surface area contributed by atoms with E-state index in [1.807, 2.05) is 22.7 Å². The normalized spacial score (nSPS) is 11.6. The maximum absolute atomic E-state index is 5.43. The average Bonchev–Trinajstić information content (AvgIpc) is 3.85. The number of hydrogen-bond donors (Lipinski definition) is 0. The highest BCUT2D eigenvalue weighted by Gasteiger charge is 2.17. The van der Waals surface area contributed by atoms with Crippen LogP contribution in [0.1, 0.15) is 0 Å². The molecule has 2 nitrogen and oxygen atoms in total. The highest BCUT2D eigenvalue weighted by Crippen LogP contribution is 2.42. The molecule has 0 N–H and O–H groups in total. The van der Waals surface area contributed by atoms with Crippen molar-refractivity contribution >= 4 is 63.0 Å². The lowest BCUT2D eigenvalue weighted by molar-refractivity contribution is 1.19. The van der Waals surface area contributed by atoms with Crippen LogP contribution in [0.4, 0.5) is 0 Å². The third-order valence-electron chi connectivity index (χ3n) is 10.7. The summed E-state index contributed by atoms with van der Waals surface area (Å²) in [4.78, 5) is 10.8. The van der Waals surface area contributed by atoms with Crippen molar-refractivity contribution in [2.24, 2.45) is 0 Å². The van der Waals surface area contributed by atoms with Crippen molar-refractivity contribution in [1.82, 2.24) is 9.97 Å². The van der Waals surface area contributed by atoms with Crippen molar-refractivity contribution in [2.45, 2.75) is 0 Å². The molecule has 11 rings (SSSR count). The Balaban J connectivity index is 1.13. The monoisotopic (exact) mass is 748 g/mol. The molecule has 0 amide bonds. The van der Waals surface area contributed by atoms with E-state index in [2.05, 4.69) is 194 Å². The first-order chi connectivity index (χ1) is 27.7. The van der Waals surface area contributed by atoms with Gasteiger partial charge in [-0.25, -0.2) is 9.97 Å². The van der Waals surface area contributed by atoms with Gasteiger partial charge in [0.05, 0.1) is 11.4 Å². The van der Waals surface area contributed by atoms with Crippen LogP contribution in [0.25, 0.3) is 108 Å². The molecule has 0 saturated heterocycles. The zero-order valence-corrected chi connectivity index (χ0v) is 31.8. The minimum absolute atomic E-state index is 0.722. The fraction of sp³-hybridized carbons (Fsp3) is 0. The molecule has 0 aliphatic heterocycles. The molecule has 0 saturated carbocycles. The van der Waals surface area contributed by atoms with Gasteiger partial charge in [0.2, 0.25) is 0 Å². The largest absolute Gasteiger partial charge is 0.228 e. The molecule has 0 fully saturated rings. The molecule has 0 aliphatic carbocycles. The van der Waals surface area contributed by atoms with E-state index >= 15 is 0 Å². The fourth-order valence-electron chi connectivity index (χ4n) is 7.90. The van der Waals surface area contributed by atoms with Crippen LogP contribution < -0.4 is 0 Å². The summed E-state index contributed by atoms with van der Waals surface area (Å²) in [5.74, 6) is 0.722. The second-order valence-electron chi connectivity index (χ2n) is 14.2. The smallest absolute Gasteiger partial charge is 0.161 e. The second-order valence-corrected chi connectivity index (χ2v) is 16.3. The molecule has 11 aromatic rings. The lowest BCUT2D eigenvalue weighted by atomic mass is 9.94. The highest BCUT2D eigenvalue weighted by atomic mass is 32.1. The topological polar surface area (TPSA) is 25.8 Å². The van der Waals surface area contributed by atoms with E-state index in [9.17, 15) is 0 Å². The third-order valence-corrected chi connectivity index (χ3v) is 13.1. The molecule has 0 unspecified atom stereocenters. The zero-order valence-electron chi connectivity index (χ0n) is 30.2. The van der Waals surface area contributed by atoms with Crippen LogP contribution in [0.3, 0.4) is 0 Å². The maximum atomic E-state index is 5.43. The average molecular weight is 749 g/mol. The Morgan fingerprint density at radius 3 is 1.52 bits per heavy atom. The highest BCUT2D eigenvalue weighted by molar-refractivity contribution is 7.26. The minimum Gasteiger partial charge on any atom is -0.228 e. The lowest BCUT2D eigenvalue weighted by Gasteiger charge is -2.14. The van der Waals surface area contributed by atoms with Crippen LogP contribution >= 0.6 is 22.7 Å². The first-order valence-electron chi connectivity index (χ1n) is 18.8. The number of hydrogen-bond acceptors (Lipinski definition) is 4. The number of aromatic nitrogens is 2. The summed E-state index contributed by atoms with van der Waals surface area (Å²) < 4.78 is 5.07. The molecule has 0 aliphatic rings. The van der Waals surface area contributed by atoms with Gasteiger partial charge < -0.3 is 0 Å². The van der Waals surface area contributed by atoms with Crippen molar-refractivity contribution in [3.8, 4) is 67.3 Å². The summed E-state index contributed by atoms with van der Waals surface area (Å²) in [6, 6.07) is 69.8. The summed E-state index contributed by atoms with van der Waals surface area (Å²) in [7, 11) is 0. The predicted molar refractivity (Wildman–Crippen MR) is 240 cm³/mol. The Morgan fingerprint density at radius 2 is 0.786 bits per heavy atom. The quantitative estimate of drug-likeness (QED) is 0.169. The molecule has 3 heterocycles. The molecule has 4 heteroatoms. The zero-order chi connectivity index (χ0) is 37.0. The number of fused-ring (bicyclic) bond motifs is 6. The molecule has 0 spiro atoms. The van der Waals surface area contributed by atoms with E-state index in [1.165, 1.54) is 62.6 Å². The summed E-state index contributed by atoms with van der Waals surface area (Å²) in [5, 5.41) is 5.08. The molecule has 56 heavy (non-hydrogen) atoms. The number of nitrogens with zero attached hydrogens (tertiary/aromatic N) is 2. The molecule has 3 aromatic heterocycles. The van der Waals surface area contributed by atoms with E-state index in [-0.39, 0.29) is 0 Å². The molecule has 0 radical (unpaired) electrons. The Kier molecular flexibility index (Phi) is 7.90. The number of rotatable bonds is 6. The van der Waals surface area contributed by atoms with Crippen LogP contribution in [0.15, 0.2) is 194 Å². The molecule has 262 valence electrons. The van der Waals surface area contributed by atoms with Gasteiger partial charge >= 0.3 is 0 Å². The van der Waals surface area contributed by atoms with Gasteiger partial charge in [0.25, 0.3) is 0 Å². The van der Waals surface area contributed by atoms with Crippen molar-refractivity contribution < 1.29 is 0 Å². The van der Waals surface area contributed by atoms with Crippen molar-refractivity contribution in [3.63, 3.8) is 0 Å². The van der Waals surface area contributed by atoms with Crippen molar-refractivity contribution in [1.29, 1.82) is 0 Å². The summed E-state index contributed by atoms with van der Waals surface area (Å²) >= 11 is 3.66. The van der Waals surface area contributed by atoms with Gasteiger partial charge in [-0.3, -0.25) is 0 Å². The van der Waals surface area contributed by atoms with Gasteiger partial charge in [-0.2, -0.15) is 0 Å². The van der Waals surface area contributed by atoms with Crippen LogP contribution in [-0.4, -0.2) is 9.97 Å². The number of benzene rings is 8. The molecule has 0 bridgehead atoms. The Labute approximate surface area is 332 Å². The first-order valence-corrected chi connectivity index (χ1v) is 20.4. The molecular formula is C52H32N2S2. The number of thiophene rings is 2. The second kappa shape index (κ2) is 13.5. The summed E-state index contributed by atoms with van der Waals surface area (Å²) in [6.45, 7) is 0. The molecule has 8 aromatic carbocycles. The third kappa shape index (κ3) is 5.79. The maximum Gasteiger partial charge on any atom is 0.161 e. The lowest BCUT2D eigenvalue weighted by Crippen LogP contribution is -1.97. The van der Waals surface area contributed by atoms with Gasteiger partial charge in [-0.15, -0.1) is 22.7 Å². The van der Waals surface area contributed by atoms with E-state index in [0.29, 0.717) is 0 Å². The van der Waals surface area contributed by atoms with Crippen LogP contribution in [0, 0.1) is 0 Å². The van der Waals surface area contributed by atoms with Gasteiger partial charge in [-0.1, -0.05) is 140 Å².